The zero-order chi connectivity index (χ0) is 11.5. The van der Waals surface area contributed by atoms with Gasteiger partial charge in [0.05, 0.1) is 6.04 Å². The van der Waals surface area contributed by atoms with Crippen LogP contribution in [0.1, 0.15) is 51.9 Å². The maximum atomic E-state index is 5.23. The molecule has 0 saturated carbocycles. The molecule has 1 aromatic rings. The van der Waals surface area contributed by atoms with Gasteiger partial charge in [-0.15, -0.1) is 0 Å². The molecule has 4 nitrogen and oxygen atoms in total. The monoisotopic (exact) mass is 211 g/mol. The lowest BCUT2D eigenvalue weighted by Crippen LogP contribution is -2.16. The van der Waals surface area contributed by atoms with Crippen molar-refractivity contribution in [3.63, 3.8) is 0 Å². The van der Waals surface area contributed by atoms with Gasteiger partial charge in [-0.05, 0) is 18.9 Å². The molecule has 0 fully saturated rings. The maximum Gasteiger partial charge on any atom is 0.243 e. The van der Waals surface area contributed by atoms with Crippen molar-refractivity contribution in [2.75, 3.05) is 7.05 Å². The van der Waals surface area contributed by atoms with Gasteiger partial charge in [0, 0.05) is 6.42 Å². The summed E-state index contributed by atoms with van der Waals surface area (Å²) in [5.74, 6) is 1.49. The van der Waals surface area contributed by atoms with Gasteiger partial charge < -0.3 is 9.84 Å². The molecule has 1 heterocycles. The molecule has 0 aliphatic carbocycles. The second-order valence-electron chi connectivity index (χ2n) is 5.04. The Labute approximate surface area is 91.5 Å². The van der Waals surface area contributed by atoms with Crippen LogP contribution in [0.2, 0.25) is 0 Å². The van der Waals surface area contributed by atoms with Gasteiger partial charge in [-0.1, -0.05) is 32.9 Å². The van der Waals surface area contributed by atoms with E-state index in [4.69, 9.17) is 4.52 Å². The zero-order valence-corrected chi connectivity index (χ0v) is 10.3. The summed E-state index contributed by atoms with van der Waals surface area (Å²) in [7, 11) is 1.90. The summed E-state index contributed by atoms with van der Waals surface area (Å²) in [6.45, 7) is 8.59. The Morgan fingerprint density at radius 2 is 2.07 bits per heavy atom. The summed E-state index contributed by atoms with van der Waals surface area (Å²) in [6.07, 6.45) is 1.80. The molecule has 1 atom stereocenters. The van der Waals surface area contributed by atoms with E-state index in [1.54, 1.807) is 0 Å². The first kappa shape index (κ1) is 12.2. The van der Waals surface area contributed by atoms with Crippen LogP contribution in [-0.4, -0.2) is 17.2 Å². The van der Waals surface area contributed by atoms with Crippen LogP contribution in [0.4, 0.5) is 0 Å². The Morgan fingerprint density at radius 3 is 2.53 bits per heavy atom. The van der Waals surface area contributed by atoms with Crippen LogP contribution in [0.15, 0.2) is 4.52 Å². The van der Waals surface area contributed by atoms with Crippen molar-refractivity contribution in [2.24, 2.45) is 5.41 Å². The van der Waals surface area contributed by atoms with E-state index < -0.39 is 0 Å². The summed E-state index contributed by atoms with van der Waals surface area (Å²) in [5.41, 5.74) is 0.197. The van der Waals surface area contributed by atoms with E-state index in [0.29, 0.717) is 5.89 Å². The molecule has 0 spiro atoms. The lowest BCUT2D eigenvalue weighted by molar-refractivity contribution is 0.325. The SMILES string of the molecule is CCC(NC)c1nc(CC(C)(C)C)no1. The molecule has 1 aromatic heterocycles. The number of hydrogen-bond acceptors (Lipinski definition) is 4. The van der Waals surface area contributed by atoms with Crippen molar-refractivity contribution >= 4 is 0 Å². The topological polar surface area (TPSA) is 51.0 Å². The quantitative estimate of drug-likeness (QED) is 0.830. The van der Waals surface area contributed by atoms with Crippen molar-refractivity contribution in [3.05, 3.63) is 11.7 Å². The van der Waals surface area contributed by atoms with E-state index in [1.165, 1.54) is 0 Å². The van der Waals surface area contributed by atoms with Gasteiger partial charge in [0.2, 0.25) is 5.89 Å². The Kier molecular flexibility index (Phi) is 3.85. The molecule has 0 aliphatic rings. The van der Waals surface area contributed by atoms with Gasteiger partial charge in [0.15, 0.2) is 5.82 Å². The molecule has 86 valence electrons. The Hall–Kier alpha value is -0.900. The van der Waals surface area contributed by atoms with Crippen molar-refractivity contribution in [1.82, 2.24) is 15.5 Å². The molecular formula is C11H21N3O. The molecule has 0 saturated heterocycles. The van der Waals surface area contributed by atoms with Crippen LogP contribution >= 0.6 is 0 Å². The predicted octanol–water partition coefficient (Wildman–Crippen LogP) is 2.33. The van der Waals surface area contributed by atoms with Crippen molar-refractivity contribution in [3.8, 4) is 0 Å². The average Bonchev–Trinajstić information content (AvgIpc) is 2.52. The Morgan fingerprint density at radius 1 is 1.40 bits per heavy atom. The highest BCUT2D eigenvalue weighted by Crippen LogP contribution is 2.20. The van der Waals surface area contributed by atoms with Gasteiger partial charge in [0.25, 0.3) is 0 Å². The number of nitrogens with zero attached hydrogens (tertiary/aromatic N) is 2. The number of aromatic nitrogens is 2. The van der Waals surface area contributed by atoms with Gasteiger partial charge in [-0.3, -0.25) is 0 Å². The first-order chi connectivity index (χ1) is 6.96. The van der Waals surface area contributed by atoms with Crippen LogP contribution in [0.5, 0.6) is 0 Å². The van der Waals surface area contributed by atoms with Gasteiger partial charge in [-0.2, -0.15) is 4.98 Å². The first-order valence-corrected chi connectivity index (χ1v) is 5.46. The van der Waals surface area contributed by atoms with E-state index >= 15 is 0 Å². The summed E-state index contributed by atoms with van der Waals surface area (Å²) in [6, 6.07) is 0.172. The minimum atomic E-state index is 0.172. The van der Waals surface area contributed by atoms with Crippen LogP contribution in [0.3, 0.4) is 0 Å². The molecule has 1 N–H and O–H groups in total. The van der Waals surface area contributed by atoms with E-state index in [2.05, 4.69) is 43.2 Å². The normalized spacial score (nSPS) is 14.2. The van der Waals surface area contributed by atoms with E-state index in [1.807, 2.05) is 7.05 Å². The molecule has 0 amide bonds. The molecule has 1 rings (SSSR count). The van der Waals surface area contributed by atoms with E-state index in [-0.39, 0.29) is 11.5 Å². The number of nitrogens with one attached hydrogen (secondary N) is 1. The highest BCUT2D eigenvalue weighted by Gasteiger charge is 2.19. The summed E-state index contributed by atoms with van der Waals surface area (Å²) in [5, 5.41) is 7.14. The van der Waals surface area contributed by atoms with Crippen molar-refractivity contribution < 1.29 is 4.52 Å². The lowest BCUT2D eigenvalue weighted by atomic mass is 9.92. The second-order valence-corrected chi connectivity index (χ2v) is 5.04. The van der Waals surface area contributed by atoms with Crippen LogP contribution < -0.4 is 5.32 Å². The maximum absolute atomic E-state index is 5.23. The molecule has 0 radical (unpaired) electrons. The van der Waals surface area contributed by atoms with Crippen LogP contribution in [-0.2, 0) is 6.42 Å². The number of rotatable bonds is 4. The highest BCUT2D eigenvalue weighted by molar-refractivity contribution is 4.94. The molecule has 1 unspecified atom stereocenters. The third kappa shape index (κ3) is 3.63. The molecule has 0 aromatic carbocycles. The smallest absolute Gasteiger partial charge is 0.243 e. The first-order valence-electron chi connectivity index (χ1n) is 5.46. The number of hydrogen-bond donors (Lipinski definition) is 1. The third-order valence-corrected chi connectivity index (χ3v) is 2.23. The van der Waals surface area contributed by atoms with Crippen molar-refractivity contribution in [1.29, 1.82) is 0 Å². The molecule has 0 aliphatic heterocycles. The van der Waals surface area contributed by atoms with E-state index in [9.17, 15) is 0 Å². The fourth-order valence-corrected chi connectivity index (χ4v) is 1.46. The summed E-state index contributed by atoms with van der Waals surface area (Å²) >= 11 is 0. The molecule has 4 heteroatoms. The third-order valence-electron chi connectivity index (χ3n) is 2.23. The van der Waals surface area contributed by atoms with Crippen LogP contribution in [0, 0.1) is 5.41 Å². The summed E-state index contributed by atoms with van der Waals surface area (Å²) in [4.78, 5) is 4.40. The zero-order valence-electron chi connectivity index (χ0n) is 10.3. The molecule has 0 bridgehead atoms. The Balaban J connectivity index is 2.71. The Bertz CT molecular complexity index is 297. The van der Waals surface area contributed by atoms with Gasteiger partial charge in [-0.25, -0.2) is 0 Å². The standard InChI is InChI=1S/C11H21N3O/c1-6-8(12-5)10-13-9(14-15-10)7-11(2,3)4/h8,12H,6-7H2,1-5H3. The highest BCUT2D eigenvalue weighted by atomic mass is 16.5. The predicted molar refractivity (Wildman–Crippen MR) is 59.5 cm³/mol. The molecular weight excluding hydrogens is 190 g/mol. The largest absolute Gasteiger partial charge is 0.338 e. The lowest BCUT2D eigenvalue weighted by Gasteiger charge is -2.14. The fourth-order valence-electron chi connectivity index (χ4n) is 1.46. The van der Waals surface area contributed by atoms with E-state index in [0.717, 1.165) is 18.7 Å². The fraction of sp³-hybridized carbons (Fsp3) is 0.818. The van der Waals surface area contributed by atoms with Crippen LogP contribution in [0.25, 0.3) is 0 Å². The molecule has 15 heavy (non-hydrogen) atoms. The summed E-state index contributed by atoms with van der Waals surface area (Å²) < 4.78 is 5.23. The average molecular weight is 211 g/mol. The second kappa shape index (κ2) is 4.75. The van der Waals surface area contributed by atoms with Gasteiger partial charge in [0.1, 0.15) is 0 Å². The van der Waals surface area contributed by atoms with Crippen molar-refractivity contribution in [2.45, 2.75) is 46.6 Å². The minimum absolute atomic E-state index is 0.172. The minimum Gasteiger partial charge on any atom is -0.338 e. The van der Waals surface area contributed by atoms with Gasteiger partial charge >= 0.3 is 0 Å².